The summed E-state index contributed by atoms with van der Waals surface area (Å²) in [6, 6.07) is 9.04. The summed E-state index contributed by atoms with van der Waals surface area (Å²) in [5.74, 6) is 0.0244. The first kappa shape index (κ1) is 32.4. The highest BCUT2D eigenvalue weighted by molar-refractivity contribution is 6.00. The minimum atomic E-state index is -0.744. The first-order chi connectivity index (χ1) is 19.7. The third-order valence-corrected chi connectivity index (χ3v) is 8.13. The van der Waals surface area contributed by atoms with Crippen LogP contribution in [0.25, 0.3) is 0 Å². The van der Waals surface area contributed by atoms with Crippen LogP contribution < -0.4 is 10.6 Å². The SMILES string of the molecule is CCCN1C(=O)[C@H](CCCCNC(=O)OCc2ccccc2)NC(=O)C12CCN(C/C=C(\C)CCC=C(C)C)CC2. The highest BCUT2D eigenvalue weighted by atomic mass is 16.5. The second-order valence-corrected chi connectivity index (χ2v) is 11.7. The summed E-state index contributed by atoms with van der Waals surface area (Å²) in [5.41, 5.74) is 2.94. The Balaban J connectivity index is 1.43. The average molecular weight is 567 g/mol. The summed E-state index contributed by atoms with van der Waals surface area (Å²) in [6.07, 6.45) is 10.4. The molecule has 2 saturated heterocycles. The number of likely N-dealkylation sites (tertiary alicyclic amines) is 1. The molecule has 8 nitrogen and oxygen atoms in total. The quantitative estimate of drug-likeness (QED) is 0.234. The van der Waals surface area contributed by atoms with Gasteiger partial charge < -0.3 is 20.3 Å². The van der Waals surface area contributed by atoms with Crippen LogP contribution >= 0.6 is 0 Å². The summed E-state index contributed by atoms with van der Waals surface area (Å²) < 4.78 is 5.24. The third-order valence-electron chi connectivity index (χ3n) is 8.13. The summed E-state index contributed by atoms with van der Waals surface area (Å²) in [4.78, 5) is 43.3. The molecule has 2 fully saturated rings. The van der Waals surface area contributed by atoms with Crippen molar-refractivity contribution in [2.24, 2.45) is 0 Å². The molecule has 0 aromatic heterocycles. The highest BCUT2D eigenvalue weighted by Crippen LogP contribution is 2.34. The van der Waals surface area contributed by atoms with Gasteiger partial charge in [-0.3, -0.25) is 14.5 Å². The Labute approximate surface area is 246 Å². The van der Waals surface area contributed by atoms with E-state index in [-0.39, 0.29) is 18.4 Å². The summed E-state index contributed by atoms with van der Waals surface area (Å²) in [6.45, 7) is 12.3. The zero-order valence-electron chi connectivity index (χ0n) is 25.5. The fourth-order valence-electron chi connectivity index (χ4n) is 5.64. The van der Waals surface area contributed by atoms with Gasteiger partial charge in [-0.15, -0.1) is 0 Å². The zero-order chi connectivity index (χ0) is 29.7. The normalized spacial score (nSPS) is 19.2. The van der Waals surface area contributed by atoms with Crippen LogP contribution in [0.3, 0.4) is 0 Å². The largest absolute Gasteiger partial charge is 0.445 e. The monoisotopic (exact) mass is 566 g/mol. The molecule has 1 aromatic carbocycles. The molecule has 1 aromatic rings. The van der Waals surface area contributed by atoms with Crippen molar-refractivity contribution in [3.05, 3.63) is 59.2 Å². The van der Waals surface area contributed by atoms with E-state index < -0.39 is 17.7 Å². The number of hydrogen-bond acceptors (Lipinski definition) is 5. The van der Waals surface area contributed by atoms with Crippen LogP contribution in [0.1, 0.15) is 84.6 Å². The van der Waals surface area contributed by atoms with E-state index in [2.05, 4.69) is 55.4 Å². The smallest absolute Gasteiger partial charge is 0.407 e. The van der Waals surface area contributed by atoms with E-state index in [9.17, 15) is 14.4 Å². The van der Waals surface area contributed by atoms with Gasteiger partial charge in [0.05, 0.1) is 0 Å². The number of allylic oxidation sites excluding steroid dienone is 3. The first-order valence-corrected chi connectivity index (χ1v) is 15.3. The Morgan fingerprint density at radius 1 is 1.10 bits per heavy atom. The fourth-order valence-corrected chi connectivity index (χ4v) is 5.64. The number of alkyl carbamates (subject to hydrolysis) is 1. The maximum atomic E-state index is 13.6. The number of unbranched alkanes of at least 4 members (excludes halogenated alkanes) is 1. The van der Waals surface area contributed by atoms with E-state index in [1.54, 1.807) is 0 Å². The number of nitrogens with zero attached hydrogens (tertiary/aromatic N) is 2. The van der Waals surface area contributed by atoms with Crippen molar-refractivity contribution in [3.63, 3.8) is 0 Å². The van der Waals surface area contributed by atoms with Crippen LogP contribution in [0.15, 0.2) is 53.6 Å². The van der Waals surface area contributed by atoms with Gasteiger partial charge in [0.2, 0.25) is 11.8 Å². The molecule has 2 aliphatic rings. The number of rotatable bonds is 14. The van der Waals surface area contributed by atoms with Gasteiger partial charge in [-0.2, -0.15) is 0 Å². The Bertz CT molecular complexity index is 1060. The predicted octanol–water partition coefficient (Wildman–Crippen LogP) is 5.35. The van der Waals surface area contributed by atoms with E-state index in [0.29, 0.717) is 38.8 Å². The summed E-state index contributed by atoms with van der Waals surface area (Å²) >= 11 is 0. The number of amides is 3. The van der Waals surface area contributed by atoms with Crippen molar-refractivity contribution < 1.29 is 19.1 Å². The van der Waals surface area contributed by atoms with Crippen LogP contribution in [0.2, 0.25) is 0 Å². The van der Waals surface area contributed by atoms with Crippen molar-refractivity contribution >= 4 is 17.9 Å². The van der Waals surface area contributed by atoms with Gasteiger partial charge in [0.25, 0.3) is 0 Å². The zero-order valence-corrected chi connectivity index (χ0v) is 25.5. The number of nitrogens with one attached hydrogen (secondary N) is 2. The molecule has 2 aliphatic heterocycles. The highest BCUT2D eigenvalue weighted by Gasteiger charge is 2.52. The minimum Gasteiger partial charge on any atom is -0.445 e. The lowest BCUT2D eigenvalue weighted by Crippen LogP contribution is -2.72. The second-order valence-electron chi connectivity index (χ2n) is 11.7. The van der Waals surface area contributed by atoms with Gasteiger partial charge >= 0.3 is 6.09 Å². The maximum absolute atomic E-state index is 13.6. The van der Waals surface area contributed by atoms with Gasteiger partial charge in [0.15, 0.2) is 0 Å². The molecule has 0 aliphatic carbocycles. The van der Waals surface area contributed by atoms with E-state index in [4.69, 9.17) is 4.74 Å². The maximum Gasteiger partial charge on any atom is 0.407 e. The van der Waals surface area contributed by atoms with Gasteiger partial charge in [-0.05, 0) is 77.7 Å². The lowest BCUT2D eigenvalue weighted by atomic mass is 9.81. The lowest BCUT2D eigenvalue weighted by molar-refractivity contribution is -0.161. The predicted molar refractivity (Wildman–Crippen MR) is 163 cm³/mol. The molecule has 0 bridgehead atoms. The molecule has 1 spiro atoms. The number of piperazine rings is 1. The van der Waals surface area contributed by atoms with Crippen LogP contribution in [0.4, 0.5) is 4.79 Å². The Hall–Kier alpha value is -3.13. The Morgan fingerprint density at radius 3 is 2.51 bits per heavy atom. The average Bonchev–Trinajstić information content (AvgIpc) is 2.96. The molecule has 226 valence electrons. The fraction of sp³-hybridized carbons (Fsp3) is 0.606. The number of benzene rings is 1. The van der Waals surface area contributed by atoms with Crippen LogP contribution in [-0.4, -0.2) is 72.0 Å². The van der Waals surface area contributed by atoms with Crippen LogP contribution in [-0.2, 0) is 20.9 Å². The first-order valence-electron chi connectivity index (χ1n) is 15.3. The van der Waals surface area contributed by atoms with Crippen LogP contribution in [0, 0.1) is 0 Å². The van der Waals surface area contributed by atoms with Crippen molar-refractivity contribution in [1.82, 2.24) is 20.4 Å². The molecule has 0 radical (unpaired) electrons. The summed E-state index contributed by atoms with van der Waals surface area (Å²) in [5, 5.41) is 5.84. The van der Waals surface area contributed by atoms with Crippen molar-refractivity contribution in [1.29, 1.82) is 0 Å². The van der Waals surface area contributed by atoms with Crippen molar-refractivity contribution in [3.8, 4) is 0 Å². The van der Waals surface area contributed by atoms with E-state index in [1.165, 1.54) is 11.1 Å². The van der Waals surface area contributed by atoms with E-state index in [1.807, 2.05) is 35.2 Å². The number of piperidine rings is 1. The lowest BCUT2D eigenvalue weighted by Gasteiger charge is -2.51. The molecular formula is C33H50N4O4. The van der Waals surface area contributed by atoms with E-state index >= 15 is 0 Å². The molecule has 0 unspecified atom stereocenters. The minimum absolute atomic E-state index is 0.00809. The molecule has 8 heteroatoms. The molecule has 3 amide bonds. The third kappa shape index (κ3) is 9.73. The molecule has 2 heterocycles. The molecular weight excluding hydrogens is 516 g/mol. The van der Waals surface area contributed by atoms with E-state index in [0.717, 1.165) is 50.9 Å². The number of carbonyl (C=O) groups is 3. The number of ether oxygens (including phenoxy) is 1. The second kappa shape index (κ2) is 16.3. The molecule has 3 rings (SSSR count). The Morgan fingerprint density at radius 2 is 1.83 bits per heavy atom. The standard InChI is InChI=1S/C33H50N4O4/c1-5-21-37-30(38)29(16-9-10-20-34-32(40)41-25-28-14-7-6-8-15-28)35-31(39)33(37)18-23-36(24-19-33)22-17-27(4)13-11-12-26(2)3/h6-8,12,14-15,17,29H,5,9-11,13,16,18-25H2,1-4H3,(H,34,40)(H,35,39)/b27-17+/t29-/m0/s1. The van der Waals surface area contributed by atoms with Crippen molar-refractivity contribution in [2.75, 3.05) is 32.7 Å². The number of carbonyl (C=O) groups excluding carboxylic acids is 3. The van der Waals surface area contributed by atoms with Gasteiger partial charge in [-0.1, -0.05) is 60.6 Å². The Kier molecular flexibility index (Phi) is 12.9. The van der Waals surface area contributed by atoms with Gasteiger partial charge in [0, 0.05) is 32.7 Å². The van der Waals surface area contributed by atoms with Crippen molar-refractivity contribution in [2.45, 2.75) is 97.2 Å². The van der Waals surface area contributed by atoms with Gasteiger partial charge in [-0.25, -0.2) is 4.79 Å². The topological polar surface area (TPSA) is 91.0 Å². The molecule has 41 heavy (non-hydrogen) atoms. The molecule has 0 saturated carbocycles. The van der Waals surface area contributed by atoms with Crippen LogP contribution in [0.5, 0.6) is 0 Å². The summed E-state index contributed by atoms with van der Waals surface area (Å²) in [7, 11) is 0. The number of hydrogen-bond donors (Lipinski definition) is 2. The molecule has 2 N–H and O–H groups in total. The molecule has 1 atom stereocenters. The van der Waals surface area contributed by atoms with Gasteiger partial charge in [0.1, 0.15) is 18.2 Å².